The molecule has 0 aromatic rings. The van der Waals surface area contributed by atoms with Crippen LogP contribution in [0.3, 0.4) is 0 Å². The van der Waals surface area contributed by atoms with Gasteiger partial charge in [-0.3, -0.25) is 28.8 Å². The van der Waals surface area contributed by atoms with Crippen LogP contribution in [0.5, 0.6) is 0 Å². The molecule has 0 aliphatic rings. The smallest absolute Gasteiger partial charge is 0.326 e. The van der Waals surface area contributed by atoms with Gasteiger partial charge in [0.05, 0.1) is 13.0 Å². The fourth-order valence-corrected chi connectivity index (χ4v) is 2.40. The molecule has 33 heavy (non-hydrogen) atoms. The van der Waals surface area contributed by atoms with Gasteiger partial charge in [-0.05, 0) is 12.8 Å². The Morgan fingerprint density at radius 3 is 1.55 bits per heavy atom. The van der Waals surface area contributed by atoms with Crippen LogP contribution in [0.15, 0.2) is 0 Å². The van der Waals surface area contributed by atoms with E-state index in [4.69, 9.17) is 32.5 Å². The normalized spacial score (nSPS) is 14.1. The summed E-state index contributed by atoms with van der Waals surface area (Å²) >= 11 is 0. The number of nitrogens with two attached hydrogens (primary N) is 3. The van der Waals surface area contributed by atoms with Crippen LogP contribution in [0.2, 0.25) is 0 Å². The van der Waals surface area contributed by atoms with Gasteiger partial charge in [0.15, 0.2) is 0 Å². The third kappa shape index (κ3) is 12.0. The van der Waals surface area contributed by atoms with E-state index in [-0.39, 0.29) is 6.42 Å². The molecule has 0 aliphatic heterocycles. The quantitative estimate of drug-likeness (QED) is 0.101. The number of carbonyl (C=O) groups excluding carboxylic acids is 5. The van der Waals surface area contributed by atoms with E-state index in [9.17, 15) is 33.6 Å². The largest absolute Gasteiger partial charge is 0.481 e. The Labute approximate surface area is 187 Å². The van der Waals surface area contributed by atoms with Crippen molar-refractivity contribution in [3.8, 4) is 0 Å². The highest BCUT2D eigenvalue weighted by atomic mass is 16.4. The number of carbonyl (C=O) groups is 7. The van der Waals surface area contributed by atoms with E-state index in [0.29, 0.717) is 0 Å². The summed E-state index contributed by atoms with van der Waals surface area (Å²) in [4.78, 5) is 81.3. The van der Waals surface area contributed by atoms with Gasteiger partial charge in [0.25, 0.3) is 0 Å². The molecular formula is C17H28N6O10. The fraction of sp³-hybridized carbons (Fsp3) is 0.588. The molecule has 16 nitrogen and oxygen atoms in total. The van der Waals surface area contributed by atoms with E-state index in [1.54, 1.807) is 0 Å². The standard InChI is InChI=1S/C17H28N6O10/c18-7(6-24)14(29)21-9(2-4-13(27)28)15(30)22-8(1-3-11(19)25)16(31)23-10(17(32)33)5-12(20)26/h7-10,24H,1-6,18H2,(H2,19,25)(H2,20,26)(H,21,29)(H,22,30)(H,23,31)(H,27,28)(H,32,33). The zero-order valence-corrected chi connectivity index (χ0v) is 17.5. The van der Waals surface area contributed by atoms with Crippen molar-refractivity contribution in [1.29, 1.82) is 0 Å². The highest BCUT2D eigenvalue weighted by molar-refractivity contribution is 5.95. The molecule has 12 N–H and O–H groups in total. The molecule has 0 aromatic heterocycles. The number of hydrogen-bond acceptors (Lipinski definition) is 9. The van der Waals surface area contributed by atoms with Crippen molar-refractivity contribution in [1.82, 2.24) is 16.0 Å². The van der Waals surface area contributed by atoms with Crippen LogP contribution in [0.25, 0.3) is 0 Å². The summed E-state index contributed by atoms with van der Waals surface area (Å²) in [6.45, 7) is -0.765. The van der Waals surface area contributed by atoms with Gasteiger partial charge in [0.1, 0.15) is 24.2 Å². The predicted octanol–water partition coefficient (Wildman–Crippen LogP) is -5.15. The summed E-state index contributed by atoms with van der Waals surface area (Å²) in [6, 6.07) is -6.19. The van der Waals surface area contributed by atoms with E-state index in [1.165, 1.54) is 0 Å². The first kappa shape index (κ1) is 29.2. The maximum atomic E-state index is 12.7. The van der Waals surface area contributed by atoms with Gasteiger partial charge in [-0.1, -0.05) is 0 Å². The number of nitrogens with one attached hydrogen (secondary N) is 3. The molecule has 0 bridgehead atoms. The van der Waals surface area contributed by atoms with Crippen LogP contribution in [-0.4, -0.2) is 87.6 Å². The molecule has 0 heterocycles. The zero-order valence-electron chi connectivity index (χ0n) is 17.5. The van der Waals surface area contributed by atoms with Crippen LogP contribution in [0.1, 0.15) is 32.1 Å². The first-order valence-corrected chi connectivity index (χ1v) is 9.57. The van der Waals surface area contributed by atoms with Gasteiger partial charge in [-0.25, -0.2) is 4.79 Å². The highest BCUT2D eigenvalue weighted by Gasteiger charge is 2.31. The van der Waals surface area contributed by atoms with E-state index in [2.05, 4.69) is 10.6 Å². The number of hydrogen-bond donors (Lipinski definition) is 9. The van der Waals surface area contributed by atoms with Crippen LogP contribution in [0.4, 0.5) is 0 Å². The van der Waals surface area contributed by atoms with Crippen molar-refractivity contribution in [2.45, 2.75) is 56.3 Å². The second-order valence-electron chi connectivity index (χ2n) is 6.92. The molecule has 16 heteroatoms. The lowest BCUT2D eigenvalue weighted by Crippen LogP contribution is -2.57. The second-order valence-corrected chi connectivity index (χ2v) is 6.92. The third-order valence-electron chi connectivity index (χ3n) is 4.15. The third-order valence-corrected chi connectivity index (χ3v) is 4.15. The van der Waals surface area contributed by atoms with Crippen molar-refractivity contribution in [3.05, 3.63) is 0 Å². The monoisotopic (exact) mass is 476 g/mol. The van der Waals surface area contributed by atoms with Gasteiger partial charge in [0.2, 0.25) is 29.5 Å². The topological polar surface area (TPSA) is 294 Å². The molecule has 0 spiro atoms. The number of rotatable bonds is 16. The number of aliphatic carboxylic acids is 2. The van der Waals surface area contributed by atoms with Crippen molar-refractivity contribution in [2.24, 2.45) is 17.2 Å². The number of aliphatic hydroxyl groups is 1. The van der Waals surface area contributed by atoms with Crippen LogP contribution >= 0.6 is 0 Å². The minimum absolute atomic E-state index is 0.383. The van der Waals surface area contributed by atoms with Gasteiger partial charge in [0, 0.05) is 12.8 Å². The Kier molecular flexibility index (Phi) is 12.7. The number of primary amides is 2. The average molecular weight is 476 g/mol. The van der Waals surface area contributed by atoms with E-state index < -0.39 is 97.9 Å². The summed E-state index contributed by atoms with van der Waals surface area (Å²) in [5, 5.41) is 33.2. The summed E-state index contributed by atoms with van der Waals surface area (Å²) in [5.74, 6) is -7.90. The molecular weight excluding hydrogens is 448 g/mol. The Morgan fingerprint density at radius 2 is 1.15 bits per heavy atom. The molecule has 4 unspecified atom stereocenters. The molecule has 186 valence electrons. The number of carboxylic acids is 2. The second kappa shape index (κ2) is 14.3. The molecule has 0 aromatic carbocycles. The predicted molar refractivity (Wildman–Crippen MR) is 108 cm³/mol. The lowest BCUT2D eigenvalue weighted by Gasteiger charge is -2.24. The van der Waals surface area contributed by atoms with Crippen molar-refractivity contribution in [2.75, 3.05) is 6.61 Å². The van der Waals surface area contributed by atoms with Crippen LogP contribution < -0.4 is 33.2 Å². The number of aliphatic hydroxyl groups excluding tert-OH is 1. The van der Waals surface area contributed by atoms with Gasteiger partial charge in [-0.2, -0.15) is 0 Å². The average Bonchev–Trinajstić information content (AvgIpc) is 2.71. The molecule has 0 rings (SSSR count). The zero-order chi connectivity index (χ0) is 25.7. The Bertz CT molecular complexity index is 773. The minimum Gasteiger partial charge on any atom is -0.481 e. The molecule has 0 saturated carbocycles. The summed E-state index contributed by atoms with van der Waals surface area (Å²) in [7, 11) is 0. The minimum atomic E-state index is -1.73. The van der Waals surface area contributed by atoms with Gasteiger partial charge >= 0.3 is 11.9 Å². The maximum Gasteiger partial charge on any atom is 0.326 e. The molecule has 5 amide bonds. The maximum absolute atomic E-state index is 12.7. The molecule has 0 saturated heterocycles. The van der Waals surface area contributed by atoms with E-state index in [0.717, 1.165) is 0 Å². The van der Waals surface area contributed by atoms with E-state index in [1.807, 2.05) is 5.32 Å². The van der Waals surface area contributed by atoms with Crippen molar-refractivity contribution < 1.29 is 48.9 Å². The lowest BCUT2D eigenvalue weighted by molar-refractivity contribution is -0.144. The molecule has 0 radical (unpaired) electrons. The Hall–Kier alpha value is -3.79. The van der Waals surface area contributed by atoms with Gasteiger partial charge in [-0.15, -0.1) is 0 Å². The Balaban J connectivity index is 5.60. The Morgan fingerprint density at radius 1 is 0.697 bits per heavy atom. The SMILES string of the molecule is NC(=O)CCC(NC(=O)C(CCC(=O)O)NC(=O)C(N)CO)C(=O)NC(CC(N)=O)C(=O)O. The fourth-order valence-electron chi connectivity index (χ4n) is 2.40. The van der Waals surface area contributed by atoms with Crippen LogP contribution in [0, 0.1) is 0 Å². The molecule has 0 fully saturated rings. The first-order chi connectivity index (χ1) is 15.3. The summed E-state index contributed by atoms with van der Waals surface area (Å²) in [5.41, 5.74) is 15.3. The summed E-state index contributed by atoms with van der Waals surface area (Å²) < 4.78 is 0. The molecule has 0 aliphatic carbocycles. The number of carboxylic acid groups (broad SMARTS) is 2. The first-order valence-electron chi connectivity index (χ1n) is 9.57. The van der Waals surface area contributed by atoms with E-state index >= 15 is 0 Å². The lowest BCUT2D eigenvalue weighted by atomic mass is 10.1. The highest BCUT2D eigenvalue weighted by Crippen LogP contribution is 2.04. The van der Waals surface area contributed by atoms with Crippen LogP contribution in [-0.2, 0) is 33.6 Å². The molecule has 4 atom stereocenters. The summed E-state index contributed by atoms with van der Waals surface area (Å²) in [6.07, 6.45) is -2.54. The van der Waals surface area contributed by atoms with Crippen molar-refractivity contribution in [3.63, 3.8) is 0 Å². The van der Waals surface area contributed by atoms with Crippen molar-refractivity contribution >= 4 is 41.5 Å². The van der Waals surface area contributed by atoms with Gasteiger partial charge < -0.3 is 48.5 Å². The number of amides is 5.